The smallest absolute Gasteiger partial charge is 0.218 e. The predicted molar refractivity (Wildman–Crippen MR) is 48.9 cm³/mol. The molecule has 1 aromatic rings. The van der Waals surface area contributed by atoms with Crippen molar-refractivity contribution in [1.82, 2.24) is 14.9 Å². The number of nitrogens with two attached hydrogens (primary N) is 1. The zero-order valence-corrected chi connectivity index (χ0v) is 7.44. The van der Waals surface area contributed by atoms with Crippen LogP contribution in [0.15, 0.2) is 18.7 Å². The Morgan fingerprint density at radius 3 is 3.00 bits per heavy atom. The molecule has 0 aliphatic carbocycles. The minimum Gasteiger partial charge on any atom is -0.370 e. The molecular weight excluding hydrogens is 168 g/mol. The Hall–Kier alpha value is -1.36. The number of amides is 1. The molecule has 0 atom stereocenters. The van der Waals surface area contributed by atoms with Gasteiger partial charge in [0, 0.05) is 38.4 Å². The number of rotatable bonds is 6. The van der Waals surface area contributed by atoms with E-state index < -0.39 is 0 Å². The molecular formula is C8H14N4O. The summed E-state index contributed by atoms with van der Waals surface area (Å²) in [5.74, 6) is -0.268. The summed E-state index contributed by atoms with van der Waals surface area (Å²) in [6.45, 7) is 2.33. The first kappa shape index (κ1) is 9.73. The summed E-state index contributed by atoms with van der Waals surface area (Å²) in [7, 11) is 0. The van der Waals surface area contributed by atoms with E-state index >= 15 is 0 Å². The molecule has 5 nitrogen and oxygen atoms in total. The van der Waals surface area contributed by atoms with E-state index in [0.29, 0.717) is 13.0 Å². The predicted octanol–water partition coefficient (Wildman–Crippen LogP) is -0.652. The Morgan fingerprint density at radius 1 is 1.54 bits per heavy atom. The van der Waals surface area contributed by atoms with Crippen LogP contribution in [-0.2, 0) is 11.3 Å². The fourth-order valence-electron chi connectivity index (χ4n) is 0.964. The molecule has 1 aromatic heterocycles. The van der Waals surface area contributed by atoms with E-state index in [9.17, 15) is 4.79 Å². The largest absolute Gasteiger partial charge is 0.370 e. The summed E-state index contributed by atoms with van der Waals surface area (Å²) >= 11 is 0. The Balaban J connectivity index is 1.99. The molecule has 0 radical (unpaired) electrons. The van der Waals surface area contributed by atoms with E-state index in [0.717, 1.165) is 13.1 Å². The topological polar surface area (TPSA) is 72.9 Å². The van der Waals surface area contributed by atoms with Crippen LogP contribution in [0.2, 0.25) is 0 Å². The van der Waals surface area contributed by atoms with Crippen LogP contribution in [0.4, 0.5) is 0 Å². The van der Waals surface area contributed by atoms with Gasteiger partial charge in [0.05, 0.1) is 6.33 Å². The highest BCUT2D eigenvalue weighted by Gasteiger charge is 1.93. The average Bonchev–Trinajstić information content (AvgIpc) is 2.55. The monoisotopic (exact) mass is 182 g/mol. The average molecular weight is 182 g/mol. The Morgan fingerprint density at radius 2 is 2.38 bits per heavy atom. The second-order valence-electron chi connectivity index (χ2n) is 2.77. The Labute approximate surface area is 76.9 Å². The minimum absolute atomic E-state index is 0.268. The van der Waals surface area contributed by atoms with Gasteiger partial charge in [-0.05, 0) is 0 Å². The molecule has 0 bridgehead atoms. The number of carbonyl (C=O) groups is 1. The van der Waals surface area contributed by atoms with Crippen molar-refractivity contribution in [1.29, 1.82) is 0 Å². The molecule has 0 fully saturated rings. The third-order valence-corrected chi connectivity index (χ3v) is 1.65. The summed E-state index contributed by atoms with van der Waals surface area (Å²) in [6.07, 6.45) is 5.79. The molecule has 0 saturated carbocycles. The number of hydrogen-bond acceptors (Lipinski definition) is 3. The van der Waals surface area contributed by atoms with E-state index in [1.54, 1.807) is 12.5 Å². The van der Waals surface area contributed by atoms with Gasteiger partial charge in [-0.3, -0.25) is 4.79 Å². The number of nitrogens with one attached hydrogen (secondary N) is 1. The highest BCUT2D eigenvalue weighted by Crippen LogP contribution is 1.83. The standard InChI is InChI=1S/C8H14N4O/c9-8(13)1-2-10-3-5-12-6-4-11-7-12/h4,6-7,10H,1-3,5H2,(H2,9,13). The maximum atomic E-state index is 10.4. The van der Waals surface area contributed by atoms with E-state index in [4.69, 9.17) is 5.73 Å². The zero-order chi connectivity index (χ0) is 9.52. The summed E-state index contributed by atoms with van der Waals surface area (Å²) in [5, 5.41) is 3.11. The molecule has 1 heterocycles. The third-order valence-electron chi connectivity index (χ3n) is 1.65. The molecule has 0 unspecified atom stereocenters. The number of primary amides is 1. The van der Waals surface area contributed by atoms with Crippen LogP contribution in [0.5, 0.6) is 0 Å². The second-order valence-corrected chi connectivity index (χ2v) is 2.77. The van der Waals surface area contributed by atoms with E-state index in [-0.39, 0.29) is 5.91 Å². The van der Waals surface area contributed by atoms with Crippen LogP contribution in [0, 0.1) is 0 Å². The second kappa shape index (κ2) is 5.31. The molecule has 0 aromatic carbocycles. The fourth-order valence-corrected chi connectivity index (χ4v) is 0.964. The van der Waals surface area contributed by atoms with Crippen molar-refractivity contribution in [3.8, 4) is 0 Å². The molecule has 13 heavy (non-hydrogen) atoms. The summed E-state index contributed by atoms with van der Waals surface area (Å²) in [4.78, 5) is 14.3. The van der Waals surface area contributed by atoms with E-state index in [2.05, 4.69) is 10.3 Å². The first-order valence-corrected chi connectivity index (χ1v) is 4.24. The van der Waals surface area contributed by atoms with Gasteiger partial charge in [-0.25, -0.2) is 4.98 Å². The van der Waals surface area contributed by atoms with Crippen molar-refractivity contribution >= 4 is 5.91 Å². The maximum Gasteiger partial charge on any atom is 0.218 e. The zero-order valence-electron chi connectivity index (χ0n) is 7.44. The lowest BCUT2D eigenvalue weighted by molar-refractivity contribution is -0.117. The molecule has 72 valence electrons. The summed E-state index contributed by atoms with van der Waals surface area (Å²) in [5.41, 5.74) is 4.98. The van der Waals surface area contributed by atoms with Gasteiger partial charge in [-0.15, -0.1) is 0 Å². The first-order valence-electron chi connectivity index (χ1n) is 4.24. The molecule has 1 rings (SSSR count). The summed E-state index contributed by atoms with van der Waals surface area (Å²) in [6, 6.07) is 0. The van der Waals surface area contributed by atoms with Crippen LogP contribution < -0.4 is 11.1 Å². The van der Waals surface area contributed by atoms with Crippen LogP contribution in [0.25, 0.3) is 0 Å². The normalized spacial score (nSPS) is 10.2. The number of hydrogen-bond donors (Lipinski definition) is 2. The number of imidazole rings is 1. The molecule has 0 spiro atoms. The SMILES string of the molecule is NC(=O)CCNCCn1ccnc1. The van der Waals surface area contributed by atoms with Crippen LogP contribution in [-0.4, -0.2) is 28.5 Å². The minimum atomic E-state index is -0.268. The van der Waals surface area contributed by atoms with Gasteiger partial charge in [-0.2, -0.15) is 0 Å². The van der Waals surface area contributed by atoms with Crippen molar-refractivity contribution < 1.29 is 4.79 Å². The summed E-state index contributed by atoms with van der Waals surface area (Å²) < 4.78 is 1.97. The van der Waals surface area contributed by atoms with E-state index in [1.807, 2.05) is 10.8 Å². The lowest BCUT2D eigenvalue weighted by Crippen LogP contribution is -2.24. The lowest BCUT2D eigenvalue weighted by Gasteiger charge is -2.03. The van der Waals surface area contributed by atoms with Gasteiger partial charge in [0.25, 0.3) is 0 Å². The fraction of sp³-hybridized carbons (Fsp3) is 0.500. The number of carbonyl (C=O) groups excluding carboxylic acids is 1. The molecule has 0 aliphatic rings. The Kier molecular flexibility index (Phi) is 3.98. The molecule has 5 heteroatoms. The van der Waals surface area contributed by atoms with Crippen molar-refractivity contribution in [2.75, 3.05) is 13.1 Å². The Bertz CT molecular complexity index is 245. The maximum absolute atomic E-state index is 10.4. The van der Waals surface area contributed by atoms with Gasteiger partial charge in [0.2, 0.25) is 5.91 Å². The van der Waals surface area contributed by atoms with Crippen molar-refractivity contribution in [2.45, 2.75) is 13.0 Å². The van der Waals surface area contributed by atoms with Crippen LogP contribution in [0.3, 0.4) is 0 Å². The van der Waals surface area contributed by atoms with Gasteiger partial charge in [-0.1, -0.05) is 0 Å². The van der Waals surface area contributed by atoms with E-state index in [1.165, 1.54) is 0 Å². The first-order chi connectivity index (χ1) is 6.29. The molecule has 1 amide bonds. The van der Waals surface area contributed by atoms with Crippen molar-refractivity contribution in [3.05, 3.63) is 18.7 Å². The number of aromatic nitrogens is 2. The number of nitrogens with zero attached hydrogens (tertiary/aromatic N) is 2. The highest BCUT2D eigenvalue weighted by molar-refractivity contribution is 5.73. The van der Waals surface area contributed by atoms with Crippen LogP contribution in [0.1, 0.15) is 6.42 Å². The van der Waals surface area contributed by atoms with Crippen molar-refractivity contribution in [2.24, 2.45) is 5.73 Å². The van der Waals surface area contributed by atoms with Gasteiger partial charge >= 0.3 is 0 Å². The van der Waals surface area contributed by atoms with Gasteiger partial charge < -0.3 is 15.6 Å². The molecule has 0 saturated heterocycles. The molecule has 0 aliphatic heterocycles. The van der Waals surface area contributed by atoms with Gasteiger partial charge in [0.1, 0.15) is 0 Å². The highest BCUT2D eigenvalue weighted by atomic mass is 16.1. The third kappa shape index (κ3) is 4.27. The quantitative estimate of drug-likeness (QED) is 0.574. The van der Waals surface area contributed by atoms with Crippen molar-refractivity contribution in [3.63, 3.8) is 0 Å². The lowest BCUT2D eigenvalue weighted by atomic mass is 10.4. The van der Waals surface area contributed by atoms with Gasteiger partial charge in [0.15, 0.2) is 0 Å². The molecule has 3 N–H and O–H groups in total. The van der Waals surface area contributed by atoms with Crippen LogP contribution >= 0.6 is 0 Å².